The average molecular weight is 522 g/mol. The quantitative estimate of drug-likeness (QED) is 0.412. The van der Waals surface area contributed by atoms with Crippen LogP contribution in [0.1, 0.15) is 29.7 Å². The highest BCUT2D eigenvalue weighted by Gasteiger charge is 2.23. The second kappa shape index (κ2) is 9.84. The summed E-state index contributed by atoms with van der Waals surface area (Å²) in [6, 6.07) is 8.58. The van der Waals surface area contributed by atoms with Crippen LogP contribution in [0.4, 0.5) is 27.0 Å². The zero-order valence-corrected chi connectivity index (χ0v) is 21.2. The van der Waals surface area contributed by atoms with Gasteiger partial charge in [-0.25, -0.2) is 4.98 Å². The van der Waals surface area contributed by atoms with Crippen LogP contribution < -0.4 is 19.6 Å². The lowest BCUT2D eigenvalue weighted by Crippen LogP contribution is -2.30. The largest absolute Gasteiger partial charge is 0.495 e. The van der Waals surface area contributed by atoms with Crippen LogP contribution in [0.3, 0.4) is 0 Å². The summed E-state index contributed by atoms with van der Waals surface area (Å²) in [4.78, 5) is 11.0. The minimum absolute atomic E-state index is 0.193. The number of ether oxygens (including phenoxy) is 1. The van der Waals surface area contributed by atoms with Crippen LogP contribution in [0.2, 0.25) is 5.02 Å². The van der Waals surface area contributed by atoms with Gasteiger partial charge < -0.3 is 19.6 Å². The summed E-state index contributed by atoms with van der Waals surface area (Å²) in [6.07, 6.45) is 2.37. The molecule has 186 valence electrons. The lowest BCUT2D eigenvalue weighted by molar-refractivity contribution is 0.247. The second-order valence-electron chi connectivity index (χ2n) is 8.25. The zero-order valence-electron chi connectivity index (χ0n) is 19.6. The van der Waals surface area contributed by atoms with Crippen molar-refractivity contribution in [3.8, 4) is 11.5 Å². The molecule has 0 saturated heterocycles. The van der Waals surface area contributed by atoms with E-state index in [9.17, 15) is 12.3 Å². The molecule has 4 rings (SSSR count). The minimum Gasteiger partial charge on any atom is -0.495 e. The van der Waals surface area contributed by atoms with Crippen LogP contribution >= 0.6 is 11.6 Å². The maximum atomic E-state index is 12.9. The van der Waals surface area contributed by atoms with Gasteiger partial charge in [-0.3, -0.25) is 4.90 Å². The van der Waals surface area contributed by atoms with Crippen LogP contribution in [0.15, 0.2) is 36.5 Å². The normalized spacial score (nSPS) is 15.9. The summed E-state index contributed by atoms with van der Waals surface area (Å²) in [7, 11) is -1.45. The number of fused-ring (bicyclic) bond motifs is 1. The molecule has 1 aliphatic rings. The van der Waals surface area contributed by atoms with E-state index < -0.39 is 10.5 Å². The molecule has 2 N–H and O–H groups in total. The molecular weight excluding hydrogens is 497 g/mol. The number of aryl methyl sites for hydroxylation is 1. The van der Waals surface area contributed by atoms with E-state index in [0.29, 0.717) is 17.1 Å². The van der Waals surface area contributed by atoms with E-state index in [1.165, 1.54) is 29.5 Å². The van der Waals surface area contributed by atoms with Gasteiger partial charge in [-0.1, -0.05) is 21.6 Å². The molecule has 0 fully saturated rings. The summed E-state index contributed by atoms with van der Waals surface area (Å²) in [5.74, 6) is 1.00. The number of hydrogen-bond acceptors (Lipinski definition) is 9. The van der Waals surface area contributed by atoms with Crippen molar-refractivity contribution in [3.05, 3.63) is 58.2 Å². The van der Waals surface area contributed by atoms with E-state index in [4.69, 9.17) is 16.3 Å². The van der Waals surface area contributed by atoms with Gasteiger partial charge in [0, 0.05) is 24.3 Å². The Labute approximate surface area is 208 Å². The van der Waals surface area contributed by atoms with Crippen LogP contribution in [-0.2, 0) is 16.9 Å². The first-order chi connectivity index (χ1) is 16.5. The topological polar surface area (TPSA) is 106 Å². The average Bonchev–Trinajstić information content (AvgIpc) is 2.79. The van der Waals surface area contributed by atoms with E-state index >= 15 is 0 Å². The van der Waals surface area contributed by atoms with Crippen molar-refractivity contribution >= 4 is 45.2 Å². The number of nitrogens with one attached hydrogen (secondary N) is 2. The number of halogens is 2. The molecule has 0 aliphatic carbocycles. The van der Waals surface area contributed by atoms with Gasteiger partial charge in [0.2, 0.25) is 5.95 Å². The molecule has 0 radical (unpaired) electrons. The molecule has 3 aromatic rings. The molecular formula is C23H25ClFN5O4S. The van der Waals surface area contributed by atoms with Gasteiger partial charge >= 0.3 is 10.5 Å². The summed E-state index contributed by atoms with van der Waals surface area (Å²) in [5, 5.41) is 6.46. The maximum Gasteiger partial charge on any atom is 0.488 e. The van der Waals surface area contributed by atoms with E-state index in [0.717, 1.165) is 18.5 Å². The SMILES string of the molecule is COc1cc2c(cc1Nc1ncc(Cl)c(Nc3cc(OS(=O)(=O)F)ccc3C)n1)C(C)N(C)CC2. The van der Waals surface area contributed by atoms with Crippen LogP contribution in [0.5, 0.6) is 11.5 Å². The number of anilines is 4. The number of benzene rings is 2. The van der Waals surface area contributed by atoms with Crippen LogP contribution in [0.25, 0.3) is 0 Å². The summed E-state index contributed by atoms with van der Waals surface area (Å²) < 4.78 is 44.5. The van der Waals surface area contributed by atoms with E-state index in [1.807, 2.05) is 12.1 Å². The van der Waals surface area contributed by atoms with Gasteiger partial charge in [0.25, 0.3) is 0 Å². The Morgan fingerprint density at radius 2 is 1.97 bits per heavy atom. The van der Waals surface area contributed by atoms with Gasteiger partial charge in [-0.05, 0) is 62.2 Å². The molecule has 2 heterocycles. The number of rotatable bonds is 7. The van der Waals surface area contributed by atoms with E-state index in [-0.39, 0.29) is 28.6 Å². The van der Waals surface area contributed by atoms with Crippen molar-refractivity contribution in [2.75, 3.05) is 31.3 Å². The van der Waals surface area contributed by atoms with Gasteiger partial charge in [-0.2, -0.15) is 13.4 Å². The van der Waals surface area contributed by atoms with Crippen molar-refractivity contribution in [2.24, 2.45) is 0 Å². The molecule has 1 aliphatic heterocycles. The smallest absolute Gasteiger partial charge is 0.488 e. The molecule has 0 bridgehead atoms. The Balaban J connectivity index is 1.63. The summed E-state index contributed by atoms with van der Waals surface area (Å²) in [6.45, 7) is 4.91. The maximum absolute atomic E-state index is 12.9. The predicted molar refractivity (Wildman–Crippen MR) is 133 cm³/mol. The minimum atomic E-state index is -5.15. The lowest BCUT2D eigenvalue weighted by atomic mass is 9.93. The lowest BCUT2D eigenvalue weighted by Gasteiger charge is -2.33. The monoisotopic (exact) mass is 521 g/mol. The molecule has 0 spiro atoms. The Hall–Kier alpha value is -3.15. The van der Waals surface area contributed by atoms with Gasteiger partial charge in [0.1, 0.15) is 16.5 Å². The van der Waals surface area contributed by atoms with Crippen LogP contribution in [-0.4, -0.2) is 44.0 Å². The number of methoxy groups -OCH3 is 1. The first-order valence-electron chi connectivity index (χ1n) is 10.8. The molecule has 2 aromatic carbocycles. The summed E-state index contributed by atoms with van der Waals surface area (Å²) >= 11 is 6.30. The Morgan fingerprint density at radius 3 is 2.69 bits per heavy atom. The fourth-order valence-corrected chi connectivity index (χ4v) is 4.38. The molecule has 0 amide bonds. The fraction of sp³-hybridized carbons (Fsp3) is 0.304. The molecule has 1 aromatic heterocycles. The predicted octanol–water partition coefficient (Wildman–Crippen LogP) is 5.08. The molecule has 12 heteroatoms. The zero-order chi connectivity index (χ0) is 25.3. The standard InChI is InChI=1S/C23H25ClFN5O4S/c1-13-5-6-16(34-35(25,31)32)10-19(13)27-22-18(24)12-26-23(29-22)28-20-11-17-14(2)30(3)8-7-15(17)9-21(20)33-4/h5-6,9-12,14H,7-8H2,1-4H3,(H2,26,27,28,29). The third kappa shape index (κ3) is 5.75. The van der Waals surface area contributed by atoms with Crippen molar-refractivity contribution < 1.29 is 21.2 Å². The Kier molecular flexibility index (Phi) is 7.02. The highest BCUT2D eigenvalue weighted by Crippen LogP contribution is 2.37. The number of hydrogen-bond donors (Lipinski definition) is 2. The molecule has 1 atom stereocenters. The van der Waals surface area contributed by atoms with Crippen molar-refractivity contribution in [1.29, 1.82) is 0 Å². The highest BCUT2D eigenvalue weighted by atomic mass is 35.5. The third-order valence-corrected chi connectivity index (χ3v) is 6.62. The number of aromatic nitrogens is 2. The molecule has 1 unspecified atom stereocenters. The van der Waals surface area contributed by atoms with Crippen LogP contribution in [0, 0.1) is 6.92 Å². The van der Waals surface area contributed by atoms with E-state index in [2.05, 4.69) is 43.7 Å². The van der Waals surface area contributed by atoms with Crippen molar-refractivity contribution in [1.82, 2.24) is 14.9 Å². The molecule has 35 heavy (non-hydrogen) atoms. The first-order valence-corrected chi connectivity index (χ1v) is 12.4. The van der Waals surface area contributed by atoms with Gasteiger partial charge in [0.05, 0.1) is 19.0 Å². The highest BCUT2D eigenvalue weighted by molar-refractivity contribution is 7.81. The van der Waals surface area contributed by atoms with Crippen molar-refractivity contribution in [3.63, 3.8) is 0 Å². The fourth-order valence-electron chi connectivity index (χ4n) is 3.90. The number of likely N-dealkylation sites (N-methyl/N-ethyl adjacent to an activating group) is 1. The Morgan fingerprint density at radius 1 is 1.20 bits per heavy atom. The third-order valence-electron chi connectivity index (χ3n) is 5.95. The van der Waals surface area contributed by atoms with E-state index in [1.54, 1.807) is 20.1 Å². The van der Waals surface area contributed by atoms with Crippen molar-refractivity contribution in [2.45, 2.75) is 26.3 Å². The number of nitrogens with zero attached hydrogens (tertiary/aromatic N) is 3. The van der Waals surface area contributed by atoms with Gasteiger partial charge in [-0.15, -0.1) is 0 Å². The Bertz CT molecular complexity index is 1370. The molecule has 9 nitrogen and oxygen atoms in total. The first kappa shape index (κ1) is 25.0. The molecule has 0 saturated carbocycles. The second-order valence-corrected chi connectivity index (χ2v) is 9.61. The van der Waals surface area contributed by atoms with Gasteiger partial charge in [0.15, 0.2) is 5.82 Å². The summed E-state index contributed by atoms with van der Waals surface area (Å²) in [5.41, 5.74) is 4.31.